The Morgan fingerprint density at radius 2 is 2.00 bits per heavy atom. The molecule has 1 aromatic carbocycles. The van der Waals surface area contributed by atoms with Crippen LogP contribution >= 0.6 is 0 Å². The second-order valence-electron chi connectivity index (χ2n) is 3.40. The summed E-state index contributed by atoms with van der Waals surface area (Å²) in [5.41, 5.74) is 6.66. The molecule has 1 aromatic rings. The first kappa shape index (κ1) is 10.6. The van der Waals surface area contributed by atoms with E-state index in [-0.39, 0.29) is 5.96 Å². The van der Waals surface area contributed by atoms with Crippen LogP contribution in [0.4, 0.5) is 0 Å². The third-order valence-corrected chi connectivity index (χ3v) is 2.21. The number of nitrogens with zero attached hydrogens (tertiary/aromatic N) is 1. The minimum atomic E-state index is 0.137. The Morgan fingerprint density at radius 3 is 2.57 bits per heavy atom. The minimum Gasteiger partial charge on any atom is -0.370 e. The van der Waals surface area contributed by atoms with Crippen LogP contribution in [0.2, 0.25) is 0 Å². The second kappa shape index (κ2) is 5.27. The third kappa shape index (κ3) is 3.47. The van der Waals surface area contributed by atoms with E-state index >= 15 is 0 Å². The van der Waals surface area contributed by atoms with Crippen molar-refractivity contribution in [3.63, 3.8) is 0 Å². The van der Waals surface area contributed by atoms with E-state index < -0.39 is 0 Å². The summed E-state index contributed by atoms with van der Waals surface area (Å²) in [6.45, 7) is 0.838. The molecule has 0 heterocycles. The number of aryl methyl sites for hydroxylation is 1. The van der Waals surface area contributed by atoms with Crippen molar-refractivity contribution in [1.29, 1.82) is 5.41 Å². The SMILES string of the molecule is CN(CCCc1ccccc1)C(=N)N. The highest BCUT2D eigenvalue weighted by molar-refractivity contribution is 5.74. The van der Waals surface area contributed by atoms with E-state index in [2.05, 4.69) is 12.1 Å². The molecule has 3 N–H and O–H groups in total. The summed E-state index contributed by atoms with van der Waals surface area (Å²) in [5, 5.41) is 7.19. The fourth-order valence-corrected chi connectivity index (χ4v) is 1.29. The van der Waals surface area contributed by atoms with Crippen molar-refractivity contribution in [3.8, 4) is 0 Å². The molecule has 0 aliphatic heterocycles. The third-order valence-electron chi connectivity index (χ3n) is 2.21. The highest BCUT2D eigenvalue weighted by atomic mass is 15.2. The predicted octanol–water partition coefficient (Wildman–Crippen LogP) is 1.44. The standard InChI is InChI=1S/C11H17N3/c1-14(11(12)13)9-5-8-10-6-3-2-4-7-10/h2-4,6-7H,5,8-9H2,1H3,(H3,12,13). The average molecular weight is 191 g/mol. The number of hydrogen-bond donors (Lipinski definition) is 2. The van der Waals surface area contributed by atoms with Crippen LogP contribution in [0.3, 0.4) is 0 Å². The lowest BCUT2D eigenvalue weighted by Crippen LogP contribution is -2.33. The first-order valence-electron chi connectivity index (χ1n) is 4.79. The van der Waals surface area contributed by atoms with Crippen LogP contribution in [-0.4, -0.2) is 24.5 Å². The normalized spacial score (nSPS) is 9.79. The Hall–Kier alpha value is -1.51. The quantitative estimate of drug-likeness (QED) is 0.559. The lowest BCUT2D eigenvalue weighted by atomic mass is 10.1. The molecular weight excluding hydrogens is 174 g/mol. The number of rotatable bonds is 4. The Bertz CT molecular complexity index is 282. The van der Waals surface area contributed by atoms with Gasteiger partial charge in [0.2, 0.25) is 0 Å². The molecule has 0 spiro atoms. The zero-order valence-corrected chi connectivity index (χ0v) is 8.53. The first-order valence-corrected chi connectivity index (χ1v) is 4.79. The van der Waals surface area contributed by atoms with Crippen molar-refractivity contribution < 1.29 is 0 Å². The number of nitrogens with one attached hydrogen (secondary N) is 1. The van der Waals surface area contributed by atoms with Crippen molar-refractivity contribution in [3.05, 3.63) is 35.9 Å². The molecule has 0 saturated carbocycles. The van der Waals surface area contributed by atoms with Gasteiger partial charge in [-0.25, -0.2) is 0 Å². The van der Waals surface area contributed by atoms with Crippen molar-refractivity contribution >= 4 is 5.96 Å². The number of guanidine groups is 1. The predicted molar refractivity (Wildman–Crippen MR) is 59.3 cm³/mol. The van der Waals surface area contributed by atoms with Gasteiger partial charge in [0.15, 0.2) is 5.96 Å². The van der Waals surface area contributed by atoms with Gasteiger partial charge in [-0.05, 0) is 18.4 Å². The average Bonchev–Trinajstić information content (AvgIpc) is 2.19. The molecule has 0 aliphatic carbocycles. The largest absolute Gasteiger partial charge is 0.370 e. The highest BCUT2D eigenvalue weighted by Crippen LogP contribution is 2.02. The van der Waals surface area contributed by atoms with E-state index in [0.717, 1.165) is 19.4 Å². The number of hydrogen-bond acceptors (Lipinski definition) is 1. The van der Waals surface area contributed by atoms with Crippen molar-refractivity contribution in [2.24, 2.45) is 5.73 Å². The first-order chi connectivity index (χ1) is 6.70. The molecule has 3 heteroatoms. The van der Waals surface area contributed by atoms with Crippen LogP contribution in [0, 0.1) is 5.41 Å². The van der Waals surface area contributed by atoms with Crippen molar-refractivity contribution in [2.45, 2.75) is 12.8 Å². The van der Waals surface area contributed by atoms with Gasteiger partial charge in [0.1, 0.15) is 0 Å². The molecule has 0 atom stereocenters. The molecule has 0 fully saturated rings. The van der Waals surface area contributed by atoms with E-state index in [1.54, 1.807) is 4.90 Å². The van der Waals surface area contributed by atoms with Crippen LogP contribution < -0.4 is 5.73 Å². The summed E-state index contributed by atoms with van der Waals surface area (Å²) < 4.78 is 0. The van der Waals surface area contributed by atoms with Gasteiger partial charge in [-0.2, -0.15) is 0 Å². The molecule has 0 unspecified atom stereocenters. The summed E-state index contributed by atoms with van der Waals surface area (Å²) in [6, 6.07) is 10.3. The minimum absolute atomic E-state index is 0.137. The van der Waals surface area contributed by atoms with Gasteiger partial charge in [0, 0.05) is 13.6 Å². The van der Waals surface area contributed by atoms with Gasteiger partial charge < -0.3 is 10.6 Å². The fraction of sp³-hybridized carbons (Fsp3) is 0.364. The molecule has 1 rings (SSSR count). The zero-order valence-electron chi connectivity index (χ0n) is 8.53. The molecule has 3 nitrogen and oxygen atoms in total. The van der Waals surface area contributed by atoms with E-state index in [9.17, 15) is 0 Å². The number of benzene rings is 1. The Labute approximate surface area is 85.0 Å². The zero-order chi connectivity index (χ0) is 10.4. The van der Waals surface area contributed by atoms with Crippen molar-refractivity contribution in [1.82, 2.24) is 4.90 Å². The molecule has 76 valence electrons. The molecule has 0 amide bonds. The fourth-order valence-electron chi connectivity index (χ4n) is 1.29. The molecule has 0 bridgehead atoms. The summed E-state index contributed by atoms with van der Waals surface area (Å²) in [5.74, 6) is 0.137. The highest BCUT2D eigenvalue weighted by Gasteiger charge is 1.98. The van der Waals surface area contributed by atoms with Crippen LogP contribution in [0.1, 0.15) is 12.0 Å². The Kier molecular flexibility index (Phi) is 3.98. The van der Waals surface area contributed by atoms with Gasteiger partial charge in [0.05, 0.1) is 0 Å². The summed E-state index contributed by atoms with van der Waals surface area (Å²) >= 11 is 0. The van der Waals surface area contributed by atoms with E-state index in [1.807, 2.05) is 25.2 Å². The maximum Gasteiger partial charge on any atom is 0.188 e. The molecule has 0 radical (unpaired) electrons. The van der Waals surface area contributed by atoms with E-state index in [1.165, 1.54) is 5.56 Å². The molecule has 14 heavy (non-hydrogen) atoms. The van der Waals surface area contributed by atoms with Crippen LogP contribution in [0.15, 0.2) is 30.3 Å². The summed E-state index contributed by atoms with van der Waals surface area (Å²) in [6.07, 6.45) is 2.07. The van der Waals surface area contributed by atoms with Gasteiger partial charge in [-0.15, -0.1) is 0 Å². The molecular formula is C11H17N3. The lowest BCUT2D eigenvalue weighted by molar-refractivity contribution is 0.480. The van der Waals surface area contributed by atoms with Gasteiger partial charge in [-0.1, -0.05) is 30.3 Å². The lowest BCUT2D eigenvalue weighted by Gasteiger charge is -2.15. The van der Waals surface area contributed by atoms with E-state index in [0.29, 0.717) is 0 Å². The van der Waals surface area contributed by atoms with E-state index in [4.69, 9.17) is 11.1 Å². The van der Waals surface area contributed by atoms with Crippen LogP contribution in [0.5, 0.6) is 0 Å². The van der Waals surface area contributed by atoms with Gasteiger partial charge in [0.25, 0.3) is 0 Å². The van der Waals surface area contributed by atoms with Gasteiger partial charge >= 0.3 is 0 Å². The van der Waals surface area contributed by atoms with Crippen molar-refractivity contribution in [2.75, 3.05) is 13.6 Å². The maximum atomic E-state index is 7.19. The Morgan fingerprint density at radius 1 is 1.36 bits per heavy atom. The molecule has 0 aromatic heterocycles. The molecule has 0 saturated heterocycles. The summed E-state index contributed by atoms with van der Waals surface area (Å²) in [4.78, 5) is 1.75. The van der Waals surface area contributed by atoms with Crippen LogP contribution in [-0.2, 0) is 6.42 Å². The topological polar surface area (TPSA) is 53.1 Å². The van der Waals surface area contributed by atoms with Crippen LogP contribution in [0.25, 0.3) is 0 Å². The Balaban J connectivity index is 2.26. The summed E-state index contributed by atoms with van der Waals surface area (Å²) in [7, 11) is 1.84. The maximum absolute atomic E-state index is 7.19. The second-order valence-corrected chi connectivity index (χ2v) is 3.40. The molecule has 0 aliphatic rings. The van der Waals surface area contributed by atoms with Gasteiger partial charge in [-0.3, -0.25) is 5.41 Å². The monoisotopic (exact) mass is 191 g/mol. The smallest absolute Gasteiger partial charge is 0.188 e. The number of nitrogens with two attached hydrogens (primary N) is 1.